The van der Waals surface area contributed by atoms with Crippen molar-refractivity contribution in [2.24, 2.45) is 5.92 Å². The third-order valence-corrected chi connectivity index (χ3v) is 1.26. The van der Waals surface area contributed by atoms with Crippen molar-refractivity contribution in [2.45, 2.75) is 20.1 Å². The van der Waals surface area contributed by atoms with Crippen molar-refractivity contribution in [3.63, 3.8) is 0 Å². The molecule has 8 heavy (non-hydrogen) atoms. The predicted molar refractivity (Wildman–Crippen MR) is 26.7 cm³/mol. The number of rotatable bonds is 3. The average molecular weight is 151 g/mol. The zero-order valence-electron chi connectivity index (χ0n) is 5.47. The van der Waals surface area contributed by atoms with Gasteiger partial charge in [0.1, 0.15) is 0 Å². The van der Waals surface area contributed by atoms with Crippen LogP contribution in [0.4, 0.5) is 0 Å². The van der Waals surface area contributed by atoms with Gasteiger partial charge in [0.15, 0.2) is 0 Å². The summed E-state index contributed by atoms with van der Waals surface area (Å²) in [6.07, 6.45) is -0.0463. The van der Waals surface area contributed by atoms with Gasteiger partial charge in [0.05, 0.1) is 0 Å². The molecule has 0 saturated heterocycles. The Bertz CT molecular complexity index is 52.4. The van der Waals surface area contributed by atoms with Crippen LogP contribution in [0.15, 0.2) is 0 Å². The van der Waals surface area contributed by atoms with Gasteiger partial charge < -0.3 is 0 Å². The van der Waals surface area contributed by atoms with Crippen LogP contribution < -0.4 is 0 Å². The first-order chi connectivity index (χ1) is 3.72. The van der Waals surface area contributed by atoms with Crippen LogP contribution in [0.1, 0.15) is 13.8 Å². The van der Waals surface area contributed by atoms with Crippen molar-refractivity contribution in [1.82, 2.24) is 0 Å². The molecule has 0 rings (SSSR count). The maximum absolute atomic E-state index is 4.94. The Morgan fingerprint density at radius 1 is 1.38 bits per heavy atom. The molecule has 0 radical (unpaired) electrons. The summed E-state index contributed by atoms with van der Waals surface area (Å²) in [6.45, 7) is 4.11. The molecule has 3 heteroatoms. The Kier molecular flexibility index (Phi) is 4.86. The van der Waals surface area contributed by atoms with Crippen LogP contribution in [0.25, 0.3) is 0 Å². The fourth-order valence-electron chi connectivity index (χ4n) is 0.456. The number of methoxy groups -OCH3 is 1. The number of hydrogen-bond donors (Lipinski definition) is 0. The Hall–Kier alpha value is 0.634. The van der Waals surface area contributed by atoms with E-state index >= 15 is 0 Å². The van der Waals surface area contributed by atoms with Gasteiger partial charge in [-0.3, -0.25) is 0 Å². The Morgan fingerprint density at radius 3 is 1.88 bits per heavy atom. The van der Waals surface area contributed by atoms with E-state index in [1.807, 2.05) is 0 Å². The number of hydrogen-bond acceptors (Lipinski definition) is 2. The first-order valence-corrected chi connectivity index (χ1v) is 3.21. The van der Waals surface area contributed by atoms with Crippen molar-refractivity contribution in [3.8, 4) is 0 Å². The summed E-state index contributed by atoms with van der Waals surface area (Å²) in [5.41, 5.74) is 0. The second kappa shape index (κ2) is 4.51. The van der Waals surface area contributed by atoms with Crippen LogP contribution in [0.2, 0.25) is 0 Å². The van der Waals surface area contributed by atoms with E-state index in [0.29, 0.717) is 5.92 Å². The minimum absolute atomic E-state index is 0.0463. The molecule has 0 heterocycles. The van der Waals surface area contributed by atoms with E-state index in [9.17, 15) is 0 Å². The average Bonchev–Trinajstić information content (AvgIpc) is 1.69. The molecule has 0 amide bonds. The van der Waals surface area contributed by atoms with Gasteiger partial charge in [0, 0.05) is 0 Å². The molecule has 0 fully saturated rings. The van der Waals surface area contributed by atoms with E-state index in [2.05, 4.69) is 13.8 Å². The van der Waals surface area contributed by atoms with Gasteiger partial charge in [-0.1, -0.05) is 0 Å². The summed E-state index contributed by atoms with van der Waals surface area (Å²) in [5, 5.41) is 0. The van der Waals surface area contributed by atoms with Crippen LogP contribution in [-0.2, 0) is 28.9 Å². The van der Waals surface area contributed by atoms with Crippen LogP contribution in [0, 0.1) is 5.92 Å². The standard InChI is InChI=1S/C5H11O2.Ti/c1-4(2)5(6)7-3;/h4-5H,1-3H3;/q-1;+1. The number of ether oxygens (including phenoxy) is 1. The Labute approximate surface area is 62.4 Å². The summed E-state index contributed by atoms with van der Waals surface area (Å²) in [7, 11) is 1.65. The molecule has 0 aliphatic rings. The van der Waals surface area contributed by atoms with E-state index in [1.54, 1.807) is 27.9 Å². The molecule has 0 aromatic carbocycles. The summed E-state index contributed by atoms with van der Waals surface area (Å²) in [5.74, 6) is 0.435. The molecule has 0 aromatic heterocycles. The summed E-state index contributed by atoms with van der Waals surface area (Å²) >= 11 is 1.65. The summed E-state index contributed by atoms with van der Waals surface area (Å²) < 4.78 is 9.88. The molecule has 0 aliphatic heterocycles. The molecule has 0 N–H and O–H groups in total. The fourth-order valence-corrected chi connectivity index (χ4v) is 1.03. The predicted octanol–water partition coefficient (Wildman–Crippen LogP) is 1.09. The van der Waals surface area contributed by atoms with Crippen molar-refractivity contribution in [1.29, 1.82) is 0 Å². The van der Waals surface area contributed by atoms with E-state index < -0.39 is 0 Å². The molecule has 2 nitrogen and oxygen atoms in total. The minimum atomic E-state index is -0.0463. The molecule has 0 aliphatic carbocycles. The second-order valence-corrected chi connectivity index (χ2v) is 2.33. The molecular weight excluding hydrogens is 140 g/mol. The molecule has 0 bridgehead atoms. The normalized spacial score (nSPS) is 14.4. The third-order valence-electron chi connectivity index (χ3n) is 0.893. The van der Waals surface area contributed by atoms with Gasteiger partial charge in [-0.05, 0) is 0 Å². The quantitative estimate of drug-likeness (QED) is 0.444. The van der Waals surface area contributed by atoms with Crippen LogP contribution >= 0.6 is 0 Å². The fraction of sp³-hybridized carbons (Fsp3) is 1.00. The Balaban J connectivity index is 3.35. The zero-order valence-corrected chi connectivity index (χ0v) is 7.03. The van der Waals surface area contributed by atoms with E-state index in [0.717, 1.165) is 0 Å². The van der Waals surface area contributed by atoms with Gasteiger partial charge in [-0.2, -0.15) is 0 Å². The maximum atomic E-state index is 4.94. The topological polar surface area (TPSA) is 18.5 Å². The third kappa shape index (κ3) is 2.83. The van der Waals surface area contributed by atoms with Gasteiger partial charge in [-0.15, -0.1) is 0 Å². The Morgan fingerprint density at radius 2 is 1.88 bits per heavy atom. The summed E-state index contributed by atoms with van der Waals surface area (Å²) in [4.78, 5) is 0. The molecule has 1 unspecified atom stereocenters. The van der Waals surface area contributed by atoms with Crippen molar-refractivity contribution in [2.75, 3.05) is 7.11 Å². The van der Waals surface area contributed by atoms with E-state index in [-0.39, 0.29) is 6.29 Å². The van der Waals surface area contributed by atoms with Crippen molar-refractivity contribution in [3.05, 3.63) is 0 Å². The van der Waals surface area contributed by atoms with Gasteiger partial charge in [0.2, 0.25) is 0 Å². The van der Waals surface area contributed by atoms with E-state index in [1.165, 1.54) is 0 Å². The van der Waals surface area contributed by atoms with Crippen LogP contribution in [0.3, 0.4) is 0 Å². The SMILES string of the molecule is COC([O][Ti])C(C)C. The molecule has 0 saturated carbocycles. The zero-order chi connectivity index (χ0) is 6.57. The van der Waals surface area contributed by atoms with Crippen molar-refractivity contribution >= 4 is 0 Å². The molecule has 0 aromatic rings. The van der Waals surface area contributed by atoms with Gasteiger partial charge in [0.25, 0.3) is 0 Å². The molecule has 0 spiro atoms. The molecule has 1 atom stereocenters. The van der Waals surface area contributed by atoms with Gasteiger partial charge >= 0.3 is 62.0 Å². The van der Waals surface area contributed by atoms with Crippen molar-refractivity contribution < 1.29 is 28.9 Å². The first-order valence-electron chi connectivity index (χ1n) is 2.57. The van der Waals surface area contributed by atoms with E-state index in [4.69, 9.17) is 8.06 Å². The molecule has 47 valence electrons. The summed E-state index contributed by atoms with van der Waals surface area (Å²) in [6, 6.07) is 0. The van der Waals surface area contributed by atoms with Crippen LogP contribution in [-0.4, -0.2) is 13.4 Å². The van der Waals surface area contributed by atoms with Gasteiger partial charge in [-0.25, -0.2) is 0 Å². The second-order valence-electron chi connectivity index (χ2n) is 1.97. The van der Waals surface area contributed by atoms with Crippen LogP contribution in [0.5, 0.6) is 0 Å². The monoisotopic (exact) mass is 151 g/mol. The first kappa shape index (κ1) is 8.63. The molecular formula is C5H11O2Ti.